The average molecular weight is 308 g/mol. The monoisotopic (exact) mass is 308 g/mol. The third-order valence-corrected chi connectivity index (χ3v) is 4.62. The van der Waals surface area contributed by atoms with Crippen molar-refractivity contribution in [1.29, 1.82) is 0 Å². The lowest BCUT2D eigenvalue weighted by Gasteiger charge is -2.25. The van der Waals surface area contributed by atoms with Crippen molar-refractivity contribution in [2.24, 2.45) is 5.14 Å². The lowest BCUT2D eigenvalue weighted by atomic mass is 9.88. The highest BCUT2D eigenvalue weighted by molar-refractivity contribution is 7.89. The van der Waals surface area contributed by atoms with Gasteiger partial charge in [-0.2, -0.15) is 5.21 Å². The zero-order valence-corrected chi connectivity index (χ0v) is 12.1. The number of nitrogens with two attached hydrogens (primary N) is 1. The van der Waals surface area contributed by atoms with Crippen LogP contribution in [0.3, 0.4) is 0 Å². The molecule has 0 radical (unpaired) electrons. The van der Waals surface area contributed by atoms with Gasteiger partial charge in [-0.1, -0.05) is 12.1 Å². The molecule has 0 spiro atoms. The summed E-state index contributed by atoms with van der Waals surface area (Å²) < 4.78 is 23.7. The number of primary sulfonamides is 1. The van der Waals surface area contributed by atoms with Crippen LogP contribution in [0.25, 0.3) is 11.4 Å². The minimum absolute atomic E-state index is 0.0342. The molecule has 1 unspecified atom stereocenters. The molecule has 0 amide bonds. The van der Waals surface area contributed by atoms with Gasteiger partial charge >= 0.3 is 0 Å². The smallest absolute Gasteiger partial charge is 0.238 e. The molecule has 3 rings (SSSR count). The van der Waals surface area contributed by atoms with E-state index in [0.717, 1.165) is 31.5 Å². The Balaban J connectivity index is 2.20. The number of hydrogen-bond donors (Lipinski definition) is 3. The number of aromatic amines is 1. The van der Waals surface area contributed by atoms with Gasteiger partial charge in [0.25, 0.3) is 0 Å². The van der Waals surface area contributed by atoms with Crippen molar-refractivity contribution >= 4 is 10.0 Å². The largest absolute Gasteiger partial charge is 0.316 e. The standard InChI is InChI=1S/C12H16N6O2S/c13-21(19,20)10-5-1-4-9(8-3-2-6-14-7-8)11(10)12-15-17-18-16-12/h1,4-5,8,14H,2-3,6-7H2,(H2,13,19,20)(H,15,16,17,18). The van der Waals surface area contributed by atoms with Crippen molar-refractivity contribution < 1.29 is 8.42 Å². The fourth-order valence-electron chi connectivity index (χ4n) is 2.75. The summed E-state index contributed by atoms with van der Waals surface area (Å²) in [6.45, 7) is 1.77. The van der Waals surface area contributed by atoms with Gasteiger partial charge in [-0.3, -0.25) is 0 Å². The van der Waals surface area contributed by atoms with Crippen molar-refractivity contribution in [2.75, 3.05) is 13.1 Å². The van der Waals surface area contributed by atoms with Crippen molar-refractivity contribution in [3.8, 4) is 11.4 Å². The summed E-state index contributed by atoms with van der Waals surface area (Å²) >= 11 is 0. The Kier molecular flexibility index (Phi) is 3.70. The number of nitrogens with zero attached hydrogens (tertiary/aromatic N) is 3. The third-order valence-electron chi connectivity index (χ3n) is 3.67. The molecule has 1 fully saturated rings. The quantitative estimate of drug-likeness (QED) is 0.731. The van der Waals surface area contributed by atoms with E-state index in [1.165, 1.54) is 6.07 Å². The molecule has 1 aromatic heterocycles. The molecule has 21 heavy (non-hydrogen) atoms. The zero-order valence-electron chi connectivity index (χ0n) is 11.3. The van der Waals surface area contributed by atoms with Crippen LogP contribution < -0.4 is 10.5 Å². The first-order chi connectivity index (χ1) is 10.1. The van der Waals surface area contributed by atoms with Gasteiger partial charge < -0.3 is 5.32 Å². The minimum Gasteiger partial charge on any atom is -0.316 e. The maximum absolute atomic E-state index is 11.9. The van der Waals surface area contributed by atoms with Gasteiger partial charge in [0.2, 0.25) is 15.8 Å². The van der Waals surface area contributed by atoms with Gasteiger partial charge in [-0.05, 0) is 42.1 Å². The van der Waals surface area contributed by atoms with Gasteiger partial charge in [0.1, 0.15) is 0 Å². The first-order valence-electron chi connectivity index (χ1n) is 6.67. The van der Waals surface area contributed by atoms with Gasteiger partial charge in [0, 0.05) is 12.1 Å². The molecule has 1 atom stereocenters. The van der Waals surface area contributed by atoms with E-state index in [4.69, 9.17) is 5.14 Å². The Hall–Kier alpha value is -1.84. The molecule has 1 aliphatic heterocycles. The Labute approximate surface area is 122 Å². The highest BCUT2D eigenvalue weighted by atomic mass is 32.2. The number of H-pyrrole nitrogens is 1. The first-order valence-corrected chi connectivity index (χ1v) is 8.22. The highest BCUT2D eigenvalue weighted by Gasteiger charge is 2.26. The van der Waals surface area contributed by atoms with Gasteiger partial charge in [0.05, 0.1) is 4.90 Å². The fraction of sp³-hybridized carbons (Fsp3) is 0.417. The van der Waals surface area contributed by atoms with Crippen molar-refractivity contribution in [3.05, 3.63) is 23.8 Å². The maximum atomic E-state index is 11.9. The van der Waals surface area contributed by atoms with Crippen LogP contribution in [0.4, 0.5) is 0 Å². The summed E-state index contributed by atoms with van der Waals surface area (Å²) in [4.78, 5) is 0.0342. The summed E-state index contributed by atoms with van der Waals surface area (Å²) in [5.74, 6) is 0.453. The molecule has 0 saturated carbocycles. The van der Waals surface area contributed by atoms with E-state index < -0.39 is 10.0 Å². The summed E-state index contributed by atoms with van der Waals surface area (Å²) in [5, 5.41) is 22.4. The predicted octanol–water partition coefficient (Wildman–Crippen LogP) is -0.0189. The molecular weight excluding hydrogens is 292 g/mol. The van der Waals surface area contributed by atoms with Crippen LogP contribution in [0.2, 0.25) is 0 Å². The molecule has 9 heteroatoms. The van der Waals surface area contributed by atoms with E-state index in [1.807, 2.05) is 6.07 Å². The van der Waals surface area contributed by atoms with Gasteiger partial charge in [-0.15, -0.1) is 10.2 Å². The first kappa shape index (κ1) is 14.1. The summed E-state index contributed by atoms with van der Waals surface area (Å²) in [7, 11) is -3.86. The van der Waals surface area contributed by atoms with Crippen molar-refractivity contribution in [3.63, 3.8) is 0 Å². The molecule has 2 heterocycles. The molecular formula is C12H16N6O2S. The van der Waals surface area contributed by atoms with Crippen LogP contribution in [0, 0.1) is 0 Å². The number of benzene rings is 1. The number of aromatic nitrogens is 4. The average Bonchev–Trinajstić information content (AvgIpc) is 3.00. The molecule has 2 aromatic rings. The van der Waals surface area contributed by atoms with E-state index in [1.54, 1.807) is 6.07 Å². The van der Waals surface area contributed by atoms with E-state index in [0.29, 0.717) is 5.56 Å². The molecule has 1 aliphatic rings. The Morgan fingerprint density at radius 3 is 2.81 bits per heavy atom. The second kappa shape index (κ2) is 5.51. The number of tetrazole rings is 1. The van der Waals surface area contributed by atoms with Crippen molar-refractivity contribution in [2.45, 2.75) is 23.7 Å². The second-order valence-electron chi connectivity index (χ2n) is 5.04. The zero-order chi connectivity index (χ0) is 14.9. The number of sulfonamides is 1. The Morgan fingerprint density at radius 2 is 2.19 bits per heavy atom. The minimum atomic E-state index is -3.86. The van der Waals surface area contributed by atoms with Crippen LogP contribution >= 0.6 is 0 Å². The van der Waals surface area contributed by atoms with E-state index in [2.05, 4.69) is 25.9 Å². The summed E-state index contributed by atoms with van der Waals surface area (Å²) in [5.41, 5.74) is 1.33. The normalized spacial score (nSPS) is 19.6. The molecule has 8 nitrogen and oxygen atoms in total. The van der Waals surface area contributed by atoms with E-state index in [9.17, 15) is 8.42 Å². The lowest BCUT2D eigenvalue weighted by molar-refractivity contribution is 0.461. The number of nitrogens with one attached hydrogen (secondary N) is 2. The summed E-state index contributed by atoms with van der Waals surface area (Å²) in [6, 6.07) is 5.08. The second-order valence-corrected chi connectivity index (χ2v) is 6.57. The number of rotatable bonds is 3. The van der Waals surface area contributed by atoms with Crippen molar-refractivity contribution in [1.82, 2.24) is 25.9 Å². The molecule has 0 bridgehead atoms. The molecule has 1 saturated heterocycles. The molecule has 112 valence electrons. The van der Waals surface area contributed by atoms with E-state index in [-0.39, 0.29) is 16.6 Å². The molecule has 1 aromatic carbocycles. The molecule has 0 aliphatic carbocycles. The van der Waals surface area contributed by atoms with Crippen LogP contribution in [-0.2, 0) is 10.0 Å². The van der Waals surface area contributed by atoms with E-state index >= 15 is 0 Å². The van der Waals surface area contributed by atoms with Crippen LogP contribution in [-0.4, -0.2) is 42.1 Å². The molecule has 4 N–H and O–H groups in total. The summed E-state index contributed by atoms with van der Waals surface area (Å²) in [6.07, 6.45) is 2.02. The predicted molar refractivity (Wildman–Crippen MR) is 75.8 cm³/mol. The van der Waals surface area contributed by atoms with Crippen LogP contribution in [0.15, 0.2) is 23.1 Å². The third kappa shape index (κ3) is 2.80. The van der Waals surface area contributed by atoms with Crippen LogP contribution in [0.5, 0.6) is 0 Å². The van der Waals surface area contributed by atoms with Gasteiger partial charge in [0.15, 0.2) is 0 Å². The number of hydrogen-bond acceptors (Lipinski definition) is 6. The maximum Gasteiger partial charge on any atom is 0.238 e. The lowest BCUT2D eigenvalue weighted by Crippen LogP contribution is -2.29. The Bertz CT molecular complexity index is 722. The van der Waals surface area contributed by atoms with Crippen LogP contribution in [0.1, 0.15) is 24.3 Å². The SMILES string of the molecule is NS(=O)(=O)c1cccc(C2CCCNC2)c1-c1nn[nH]n1. The number of piperidine rings is 1. The van der Waals surface area contributed by atoms with Gasteiger partial charge in [-0.25, -0.2) is 13.6 Å². The topological polar surface area (TPSA) is 127 Å². The fourth-order valence-corrected chi connectivity index (χ4v) is 3.51. The Morgan fingerprint density at radius 1 is 1.33 bits per heavy atom. The highest BCUT2D eigenvalue weighted by Crippen LogP contribution is 2.34.